The van der Waals surface area contributed by atoms with E-state index in [-0.39, 0.29) is 23.0 Å². The zero-order chi connectivity index (χ0) is 19.8. The van der Waals surface area contributed by atoms with Gasteiger partial charge in [0.15, 0.2) is 11.6 Å². The number of fused-ring (bicyclic) bond motifs is 5. The van der Waals surface area contributed by atoms with Crippen LogP contribution in [0.5, 0.6) is 0 Å². The lowest BCUT2D eigenvalue weighted by Gasteiger charge is -2.61. The Morgan fingerprint density at radius 3 is 2.44 bits per heavy atom. The SMILES string of the molecule is C[C@]12CCC(=O)C=C1[C@](C)(O)C[C@@H]1[C@@H]2CC[C@@]2(C)[C@H]1CC[C@]2(O)C(=O)CO. The van der Waals surface area contributed by atoms with E-state index in [4.69, 9.17) is 0 Å². The molecule has 3 saturated carbocycles. The van der Waals surface area contributed by atoms with Gasteiger partial charge in [-0.2, -0.15) is 0 Å². The lowest BCUT2D eigenvalue weighted by molar-refractivity contribution is -0.170. The molecule has 0 aromatic heterocycles. The Balaban J connectivity index is 1.76. The van der Waals surface area contributed by atoms with Crippen LogP contribution >= 0.6 is 0 Å². The van der Waals surface area contributed by atoms with Crippen LogP contribution in [0, 0.1) is 28.6 Å². The largest absolute Gasteiger partial charge is 0.388 e. The molecule has 4 aliphatic carbocycles. The topological polar surface area (TPSA) is 94.8 Å². The molecule has 7 atom stereocenters. The van der Waals surface area contributed by atoms with E-state index in [2.05, 4.69) is 6.92 Å². The molecule has 0 aromatic rings. The molecule has 3 N–H and O–H groups in total. The number of carbonyl (C=O) groups is 2. The van der Waals surface area contributed by atoms with Crippen molar-refractivity contribution < 1.29 is 24.9 Å². The lowest BCUT2D eigenvalue weighted by Crippen LogP contribution is -2.61. The average Bonchev–Trinajstić information content (AvgIpc) is 2.88. The summed E-state index contributed by atoms with van der Waals surface area (Å²) in [6.07, 6.45) is 6.27. The summed E-state index contributed by atoms with van der Waals surface area (Å²) in [5.41, 5.74) is -2.39. The zero-order valence-corrected chi connectivity index (χ0v) is 16.6. The fourth-order valence-electron chi connectivity index (χ4n) is 7.61. The average molecular weight is 376 g/mol. The predicted octanol–water partition coefficient (Wildman–Crippen LogP) is 2.17. The number of Topliss-reactive ketones (excluding diaryl/α,β-unsaturated/α-hetero) is 1. The van der Waals surface area contributed by atoms with Gasteiger partial charge < -0.3 is 15.3 Å². The number of aliphatic hydroxyl groups excluding tert-OH is 1. The first kappa shape index (κ1) is 19.3. The first-order valence-corrected chi connectivity index (χ1v) is 10.3. The van der Waals surface area contributed by atoms with Gasteiger partial charge in [0.1, 0.15) is 12.2 Å². The third-order valence-electron chi connectivity index (χ3n) is 9.04. The van der Waals surface area contributed by atoms with E-state index in [1.54, 1.807) is 6.08 Å². The monoisotopic (exact) mass is 376 g/mol. The van der Waals surface area contributed by atoms with Crippen molar-refractivity contribution in [2.24, 2.45) is 28.6 Å². The molecule has 5 heteroatoms. The summed E-state index contributed by atoms with van der Waals surface area (Å²) in [6.45, 7) is 5.38. The van der Waals surface area contributed by atoms with Crippen molar-refractivity contribution in [1.29, 1.82) is 0 Å². The van der Waals surface area contributed by atoms with Gasteiger partial charge in [-0.15, -0.1) is 0 Å². The Hall–Kier alpha value is -1.04. The molecular formula is C22H32O5. The van der Waals surface area contributed by atoms with Crippen LogP contribution in [0.2, 0.25) is 0 Å². The highest BCUT2D eigenvalue weighted by Crippen LogP contribution is 2.68. The van der Waals surface area contributed by atoms with E-state index in [1.165, 1.54) is 0 Å². The number of aliphatic hydroxyl groups is 3. The highest BCUT2D eigenvalue weighted by atomic mass is 16.3. The second kappa shape index (κ2) is 5.74. The van der Waals surface area contributed by atoms with E-state index >= 15 is 0 Å². The van der Waals surface area contributed by atoms with Crippen LogP contribution < -0.4 is 0 Å². The fourth-order valence-corrected chi connectivity index (χ4v) is 7.61. The summed E-state index contributed by atoms with van der Waals surface area (Å²) >= 11 is 0. The number of hydrogen-bond donors (Lipinski definition) is 3. The Labute approximate surface area is 160 Å². The maximum Gasteiger partial charge on any atom is 0.190 e. The van der Waals surface area contributed by atoms with Crippen molar-refractivity contribution in [2.75, 3.05) is 6.61 Å². The minimum Gasteiger partial charge on any atom is -0.388 e. The Morgan fingerprint density at radius 1 is 1.11 bits per heavy atom. The van der Waals surface area contributed by atoms with E-state index in [0.29, 0.717) is 25.2 Å². The molecule has 0 amide bonds. The summed E-state index contributed by atoms with van der Waals surface area (Å²) in [4.78, 5) is 24.5. The number of carbonyl (C=O) groups excluding carboxylic acids is 2. The van der Waals surface area contributed by atoms with E-state index < -0.39 is 29.0 Å². The summed E-state index contributed by atoms with van der Waals surface area (Å²) in [7, 11) is 0. The molecule has 5 nitrogen and oxygen atoms in total. The minimum absolute atomic E-state index is 0.102. The zero-order valence-electron chi connectivity index (χ0n) is 16.6. The number of ketones is 2. The van der Waals surface area contributed by atoms with Crippen LogP contribution in [0.1, 0.15) is 65.7 Å². The fraction of sp³-hybridized carbons (Fsp3) is 0.818. The smallest absolute Gasteiger partial charge is 0.190 e. The van der Waals surface area contributed by atoms with Crippen molar-refractivity contribution >= 4 is 11.6 Å². The number of rotatable bonds is 2. The van der Waals surface area contributed by atoms with E-state index in [0.717, 1.165) is 31.3 Å². The van der Waals surface area contributed by atoms with E-state index in [9.17, 15) is 24.9 Å². The third kappa shape index (κ3) is 2.34. The Morgan fingerprint density at radius 2 is 1.78 bits per heavy atom. The van der Waals surface area contributed by atoms with Crippen LogP contribution in [0.15, 0.2) is 11.6 Å². The summed E-state index contributed by atoms with van der Waals surface area (Å²) < 4.78 is 0. The molecule has 0 radical (unpaired) electrons. The summed E-state index contributed by atoms with van der Waals surface area (Å²) in [6, 6.07) is 0. The van der Waals surface area contributed by atoms with Gasteiger partial charge in [0.05, 0.1) is 5.60 Å². The van der Waals surface area contributed by atoms with Gasteiger partial charge in [-0.3, -0.25) is 9.59 Å². The molecule has 4 rings (SSSR count). The summed E-state index contributed by atoms with van der Waals surface area (Å²) in [5, 5.41) is 31.9. The summed E-state index contributed by atoms with van der Waals surface area (Å²) in [5.74, 6) is 0.324. The van der Waals surface area contributed by atoms with Crippen LogP contribution in [-0.2, 0) is 9.59 Å². The predicted molar refractivity (Wildman–Crippen MR) is 99.8 cm³/mol. The van der Waals surface area contributed by atoms with Crippen molar-refractivity contribution in [1.82, 2.24) is 0 Å². The van der Waals surface area contributed by atoms with Crippen LogP contribution in [0.4, 0.5) is 0 Å². The first-order valence-electron chi connectivity index (χ1n) is 10.3. The molecule has 0 heterocycles. The molecule has 0 spiro atoms. The van der Waals surface area contributed by atoms with Crippen molar-refractivity contribution in [3.8, 4) is 0 Å². The third-order valence-corrected chi connectivity index (χ3v) is 9.04. The van der Waals surface area contributed by atoms with Gasteiger partial charge in [-0.1, -0.05) is 13.8 Å². The van der Waals surface area contributed by atoms with Gasteiger partial charge in [0.25, 0.3) is 0 Å². The lowest BCUT2D eigenvalue weighted by atomic mass is 9.44. The van der Waals surface area contributed by atoms with Crippen LogP contribution in [0.25, 0.3) is 0 Å². The van der Waals surface area contributed by atoms with Crippen molar-refractivity contribution in [2.45, 2.75) is 76.9 Å². The van der Waals surface area contributed by atoms with Crippen LogP contribution in [0.3, 0.4) is 0 Å². The Kier molecular flexibility index (Phi) is 4.10. The normalized spacial score (nSPS) is 51.9. The first-order chi connectivity index (χ1) is 12.5. The maximum absolute atomic E-state index is 12.4. The van der Waals surface area contributed by atoms with E-state index in [1.807, 2.05) is 13.8 Å². The minimum atomic E-state index is -1.47. The molecule has 0 bridgehead atoms. The van der Waals surface area contributed by atoms with Crippen molar-refractivity contribution in [3.63, 3.8) is 0 Å². The molecular weight excluding hydrogens is 344 g/mol. The molecule has 150 valence electrons. The standard InChI is InChI=1S/C22H32O5/c1-19-7-4-13(24)10-17(19)21(3,26)11-14-15(19)5-8-20(2)16(14)6-9-22(20,27)18(25)12-23/h10,14-16,23,26-27H,4-9,11-12H2,1-3H3/t14-,15+,16+,19-,20+,21-,22+/m1/s1. The maximum atomic E-state index is 12.4. The molecule has 0 saturated heterocycles. The second-order valence-electron chi connectivity index (χ2n) is 10.2. The highest BCUT2D eigenvalue weighted by Gasteiger charge is 2.67. The van der Waals surface area contributed by atoms with Gasteiger partial charge >= 0.3 is 0 Å². The molecule has 0 unspecified atom stereocenters. The number of hydrogen-bond acceptors (Lipinski definition) is 5. The second-order valence-corrected chi connectivity index (χ2v) is 10.2. The molecule has 3 fully saturated rings. The van der Waals surface area contributed by atoms with Gasteiger partial charge in [0, 0.05) is 11.8 Å². The van der Waals surface area contributed by atoms with Gasteiger partial charge in [-0.05, 0) is 80.3 Å². The van der Waals surface area contributed by atoms with Gasteiger partial charge in [-0.25, -0.2) is 0 Å². The van der Waals surface area contributed by atoms with Crippen molar-refractivity contribution in [3.05, 3.63) is 11.6 Å². The quantitative estimate of drug-likeness (QED) is 0.687. The molecule has 0 aliphatic heterocycles. The highest BCUT2D eigenvalue weighted by molar-refractivity contribution is 5.92. The van der Waals surface area contributed by atoms with Gasteiger partial charge in [0.2, 0.25) is 0 Å². The molecule has 4 aliphatic rings. The molecule has 0 aromatic carbocycles. The Bertz CT molecular complexity index is 724. The van der Waals surface area contributed by atoms with Crippen LogP contribution in [-0.4, -0.2) is 44.7 Å². The molecule has 27 heavy (non-hydrogen) atoms.